The van der Waals surface area contributed by atoms with Crippen LogP contribution in [0.25, 0.3) is 0 Å². The molecular formula is C65H106O6. The van der Waals surface area contributed by atoms with Crippen LogP contribution in [0.2, 0.25) is 0 Å². The molecule has 0 bridgehead atoms. The van der Waals surface area contributed by atoms with Crippen molar-refractivity contribution in [2.75, 3.05) is 13.2 Å². The summed E-state index contributed by atoms with van der Waals surface area (Å²) in [5.41, 5.74) is 0. The fourth-order valence-electron chi connectivity index (χ4n) is 7.60. The molecule has 0 aliphatic rings. The Labute approximate surface area is 437 Å². The van der Waals surface area contributed by atoms with Crippen LogP contribution < -0.4 is 0 Å². The van der Waals surface area contributed by atoms with Gasteiger partial charge < -0.3 is 14.2 Å². The molecule has 6 nitrogen and oxygen atoms in total. The van der Waals surface area contributed by atoms with Crippen molar-refractivity contribution in [3.05, 3.63) is 122 Å². The quantitative estimate of drug-likeness (QED) is 0.0261. The third kappa shape index (κ3) is 56.6. The number of ether oxygens (including phenoxy) is 3. The molecule has 0 aromatic rings. The van der Waals surface area contributed by atoms with Crippen molar-refractivity contribution in [2.45, 2.75) is 258 Å². The zero-order valence-corrected chi connectivity index (χ0v) is 45.9. The number of hydrogen-bond donors (Lipinski definition) is 0. The molecule has 0 radical (unpaired) electrons. The van der Waals surface area contributed by atoms with Gasteiger partial charge in [0.25, 0.3) is 0 Å². The van der Waals surface area contributed by atoms with E-state index in [0.29, 0.717) is 19.3 Å². The summed E-state index contributed by atoms with van der Waals surface area (Å²) in [6, 6.07) is 0. The standard InChI is InChI=1S/C65H106O6/c1-4-7-10-13-16-18-20-22-24-26-27-28-29-30-31-32-33-34-35-36-37-38-39-40-42-43-45-47-49-52-55-58-64(67)70-61-62(60-69-63(66)57-54-51-15-12-9-6-3)71-65(68)59-56-53-50-48-46-44-41-25-23-21-19-17-14-11-8-5-2/h7,10,16,18,22,24-25,27-28,30-31,33-34,36-37,39-41,43,45,62H,4-6,8-9,11-15,17,19-21,23,26,29,32,35,38,42,44,46-61H2,1-3H3/b10-7-,18-16-,24-22-,28-27-,31-30-,34-33-,37-36-,40-39-,41-25-,45-43-. The van der Waals surface area contributed by atoms with Crippen molar-refractivity contribution in [3.63, 3.8) is 0 Å². The number of carbonyl (C=O) groups excluding carboxylic acids is 3. The van der Waals surface area contributed by atoms with Gasteiger partial charge in [-0.05, 0) is 116 Å². The predicted molar refractivity (Wildman–Crippen MR) is 306 cm³/mol. The Morgan fingerprint density at radius 1 is 0.296 bits per heavy atom. The highest BCUT2D eigenvalue weighted by Crippen LogP contribution is 2.13. The molecule has 0 saturated carbocycles. The largest absolute Gasteiger partial charge is 0.462 e. The number of rotatable bonds is 51. The average Bonchev–Trinajstić information content (AvgIpc) is 3.37. The average molecular weight is 984 g/mol. The van der Waals surface area contributed by atoms with E-state index in [1.165, 1.54) is 77.0 Å². The molecule has 0 aliphatic heterocycles. The Balaban J connectivity index is 4.23. The fraction of sp³-hybridized carbons (Fsp3) is 0.646. The highest BCUT2D eigenvalue weighted by atomic mass is 16.6. The maximum Gasteiger partial charge on any atom is 0.306 e. The highest BCUT2D eigenvalue weighted by Gasteiger charge is 2.19. The summed E-state index contributed by atoms with van der Waals surface area (Å²) in [6.45, 7) is 6.42. The van der Waals surface area contributed by atoms with Crippen LogP contribution in [0.4, 0.5) is 0 Å². The van der Waals surface area contributed by atoms with Gasteiger partial charge in [0.05, 0.1) is 0 Å². The monoisotopic (exact) mass is 983 g/mol. The first-order valence-corrected chi connectivity index (χ1v) is 29.0. The van der Waals surface area contributed by atoms with Gasteiger partial charge in [-0.1, -0.05) is 239 Å². The molecule has 71 heavy (non-hydrogen) atoms. The minimum absolute atomic E-state index is 0.0938. The first-order valence-electron chi connectivity index (χ1n) is 29.0. The molecule has 0 rings (SSSR count). The molecule has 0 aromatic carbocycles. The summed E-state index contributed by atoms with van der Waals surface area (Å²) >= 11 is 0. The van der Waals surface area contributed by atoms with Crippen molar-refractivity contribution in [2.24, 2.45) is 0 Å². The van der Waals surface area contributed by atoms with Crippen molar-refractivity contribution >= 4 is 17.9 Å². The lowest BCUT2D eigenvalue weighted by atomic mass is 10.1. The van der Waals surface area contributed by atoms with E-state index in [1.807, 2.05) is 0 Å². The minimum Gasteiger partial charge on any atom is -0.462 e. The summed E-state index contributed by atoms with van der Waals surface area (Å²) in [6.07, 6.45) is 80.8. The Morgan fingerprint density at radius 3 is 0.887 bits per heavy atom. The van der Waals surface area contributed by atoms with Crippen molar-refractivity contribution in [1.82, 2.24) is 0 Å². The third-order valence-electron chi connectivity index (χ3n) is 12.0. The molecule has 0 fully saturated rings. The molecular weight excluding hydrogens is 877 g/mol. The molecule has 0 aliphatic carbocycles. The summed E-state index contributed by atoms with van der Waals surface area (Å²) in [7, 11) is 0. The molecule has 0 saturated heterocycles. The van der Waals surface area contributed by atoms with Gasteiger partial charge in [0.15, 0.2) is 6.10 Å². The van der Waals surface area contributed by atoms with Gasteiger partial charge in [-0.15, -0.1) is 0 Å². The van der Waals surface area contributed by atoms with Crippen molar-refractivity contribution in [3.8, 4) is 0 Å². The molecule has 0 spiro atoms. The topological polar surface area (TPSA) is 78.9 Å². The van der Waals surface area contributed by atoms with Crippen LogP contribution in [0.15, 0.2) is 122 Å². The SMILES string of the molecule is CC/C=C\C/C=C\C/C=C\C/C=C\C/C=C\C/C=C\C/C=C\C/C=C\C/C=C\CCCCCC(=O)OCC(COC(=O)CCCCCCCC)OC(=O)CCCCCCC/C=C\CCCCCCCCC. The number of unbranched alkanes of at least 4 members (excludes halogenated alkanes) is 20. The highest BCUT2D eigenvalue weighted by molar-refractivity contribution is 5.71. The number of allylic oxidation sites excluding steroid dienone is 20. The molecule has 0 heterocycles. The zero-order valence-electron chi connectivity index (χ0n) is 45.9. The van der Waals surface area contributed by atoms with Gasteiger partial charge in [0.2, 0.25) is 0 Å². The summed E-state index contributed by atoms with van der Waals surface area (Å²) in [5.74, 6) is -0.949. The van der Waals surface area contributed by atoms with Crippen LogP contribution in [-0.4, -0.2) is 37.2 Å². The van der Waals surface area contributed by atoms with Crippen LogP contribution in [0.5, 0.6) is 0 Å². The molecule has 402 valence electrons. The van der Waals surface area contributed by atoms with Gasteiger partial charge in [0, 0.05) is 19.3 Å². The van der Waals surface area contributed by atoms with Crippen LogP contribution >= 0.6 is 0 Å². The number of esters is 3. The molecule has 0 aromatic heterocycles. The van der Waals surface area contributed by atoms with E-state index in [2.05, 4.69) is 142 Å². The van der Waals surface area contributed by atoms with E-state index in [-0.39, 0.29) is 31.1 Å². The van der Waals surface area contributed by atoms with E-state index in [1.54, 1.807) is 0 Å². The van der Waals surface area contributed by atoms with Crippen molar-refractivity contribution in [1.29, 1.82) is 0 Å². The second-order valence-electron chi connectivity index (χ2n) is 18.8. The molecule has 6 heteroatoms. The van der Waals surface area contributed by atoms with Gasteiger partial charge in [-0.25, -0.2) is 0 Å². The smallest absolute Gasteiger partial charge is 0.306 e. The Bertz CT molecular complexity index is 1500. The second kappa shape index (κ2) is 58.4. The first-order chi connectivity index (χ1) is 35.0. The van der Waals surface area contributed by atoms with Gasteiger partial charge in [0.1, 0.15) is 13.2 Å². The van der Waals surface area contributed by atoms with E-state index >= 15 is 0 Å². The predicted octanol–water partition coefficient (Wildman–Crippen LogP) is 19.6. The van der Waals surface area contributed by atoms with E-state index in [0.717, 1.165) is 135 Å². The lowest BCUT2D eigenvalue weighted by molar-refractivity contribution is -0.167. The van der Waals surface area contributed by atoms with Gasteiger partial charge >= 0.3 is 17.9 Å². The maximum atomic E-state index is 12.8. The lowest BCUT2D eigenvalue weighted by Crippen LogP contribution is -2.30. The third-order valence-corrected chi connectivity index (χ3v) is 12.0. The number of hydrogen-bond acceptors (Lipinski definition) is 6. The van der Waals surface area contributed by atoms with Crippen LogP contribution in [-0.2, 0) is 28.6 Å². The lowest BCUT2D eigenvalue weighted by Gasteiger charge is -2.18. The van der Waals surface area contributed by atoms with E-state index in [4.69, 9.17) is 14.2 Å². The minimum atomic E-state index is -0.795. The van der Waals surface area contributed by atoms with E-state index in [9.17, 15) is 14.4 Å². The van der Waals surface area contributed by atoms with Crippen LogP contribution in [0.3, 0.4) is 0 Å². The molecule has 0 amide bonds. The second-order valence-corrected chi connectivity index (χ2v) is 18.8. The molecule has 1 atom stereocenters. The summed E-state index contributed by atoms with van der Waals surface area (Å²) in [5, 5.41) is 0. The van der Waals surface area contributed by atoms with E-state index < -0.39 is 6.10 Å². The zero-order chi connectivity index (χ0) is 51.4. The molecule has 0 N–H and O–H groups in total. The Morgan fingerprint density at radius 2 is 0.549 bits per heavy atom. The first kappa shape index (κ1) is 66.8. The van der Waals surface area contributed by atoms with Gasteiger partial charge in [-0.2, -0.15) is 0 Å². The number of carbonyl (C=O) groups is 3. The maximum absolute atomic E-state index is 12.8. The fourth-order valence-corrected chi connectivity index (χ4v) is 7.60. The Hall–Kier alpha value is -4.19. The normalized spacial score (nSPS) is 13.0. The summed E-state index contributed by atoms with van der Waals surface area (Å²) in [4.78, 5) is 37.8. The van der Waals surface area contributed by atoms with Crippen LogP contribution in [0, 0.1) is 0 Å². The van der Waals surface area contributed by atoms with Crippen LogP contribution in [0.1, 0.15) is 252 Å². The molecule has 1 unspecified atom stereocenters. The van der Waals surface area contributed by atoms with Crippen molar-refractivity contribution < 1.29 is 28.6 Å². The summed E-state index contributed by atoms with van der Waals surface area (Å²) < 4.78 is 16.7. The Kier molecular flexibility index (Phi) is 54.9. The van der Waals surface area contributed by atoms with Gasteiger partial charge in [-0.3, -0.25) is 14.4 Å².